The van der Waals surface area contributed by atoms with Crippen LogP contribution in [0.1, 0.15) is 39.7 Å². The molecule has 6 heteroatoms. The third-order valence-corrected chi connectivity index (χ3v) is 3.51. The first kappa shape index (κ1) is 21.8. The Labute approximate surface area is 158 Å². The number of ether oxygens (including phenoxy) is 1. The minimum Gasteiger partial charge on any atom is -0.493 e. The van der Waals surface area contributed by atoms with Gasteiger partial charge < -0.3 is 20.3 Å². The number of hydrogen-bond acceptors (Lipinski definition) is 3. The van der Waals surface area contributed by atoms with E-state index in [0.717, 1.165) is 30.2 Å². The average Bonchev–Trinajstić information content (AvgIpc) is 2.53. The number of guanidine groups is 1. The van der Waals surface area contributed by atoms with E-state index < -0.39 is 0 Å². The van der Waals surface area contributed by atoms with Gasteiger partial charge in [-0.15, -0.1) is 0 Å². The van der Waals surface area contributed by atoms with Crippen molar-refractivity contribution in [1.82, 2.24) is 15.5 Å². The van der Waals surface area contributed by atoms with Crippen molar-refractivity contribution in [2.75, 3.05) is 33.3 Å². The van der Waals surface area contributed by atoms with Crippen LogP contribution in [0, 0.1) is 6.92 Å². The Morgan fingerprint density at radius 1 is 1.27 bits per heavy atom. The number of carbonyl (C=O) groups excluding carboxylic acids is 1. The molecule has 0 saturated heterocycles. The Kier molecular flexibility index (Phi) is 8.96. The van der Waals surface area contributed by atoms with Crippen molar-refractivity contribution in [3.8, 4) is 5.75 Å². The molecule has 146 valence electrons. The molecule has 0 aliphatic carbocycles. The van der Waals surface area contributed by atoms with Gasteiger partial charge in [-0.3, -0.25) is 9.79 Å². The van der Waals surface area contributed by atoms with Gasteiger partial charge in [0.15, 0.2) is 5.96 Å². The topological polar surface area (TPSA) is 66.0 Å². The number of carbonyl (C=O) groups is 1. The Bertz CT molecular complexity index is 594. The van der Waals surface area contributed by atoms with Gasteiger partial charge in [-0.05, 0) is 46.2 Å². The van der Waals surface area contributed by atoms with E-state index in [-0.39, 0.29) is 18.0 Å². The van der Waals surface area contributed by atoms with E-state index in [1.54, 1.807) is 0 Å². The minimum atomic E-state index is -0.236. The highest BCUT2D eigenvalue weighted by atomic mass is 16.5. The van der Waals surface area contributed by atoms with Crippen LogP contribution < -0.4 is 15.4 Å². The number of nitrogens with zero attached hydrogens (tertiary/aromatic N) is 2. The third kappa shape index (κ3) is 8.74. The summed E-state index contributed by atoms with van der Waals surface area (Å²) in [7, 11) is 1.87. The molecular weight excluding hydrogens is 328 g/mol. The average molecular weight is 363 g/mol. The first-order valence-corrected chi connectivity index (χ1v) is 9.22. The van der Waals surface area contributed by atoms with Crippen LogP contribution in [0.25, 0.3) is 0 Å². The summed E-state index contributed by atoms with van der Waals surface area (Å²) in [5.74, 6) is 1.63. The van der Waals surface area contributed by atoms with E-state index in [0.29, 0.717) is 13.2 Å². The van der Waals surface area contributed by atoms with Crippen LogP contribution in [-0.2, 0) is 4.79 Å². The van der Waals surface area contributed by atoms with Crippen LogP contribution in [0.3, 0.4) is 0 Å². The van der Waals surface area contributed by atoms with E-state index in [2.05, 4.69) is 15.6 Å². The lowest BCUT2D eigenvalue weighted by molar-refractivity contribution is -0.122. The summed E-state index contributed by atoms with van der Waals surface area (Å²) in [5.41, 5.74) is 0.897. The summed E-state index contributed by atoms with van der Waals surface area (Å²) >= 11 is 0. The lowest BCUT2D eigenvalue weighted by atomic mass is 10.1. The van der Waals surface area contributed by atoms with Gasteiger partial charge in [-0.2, -0.15) is 0 Å². The molecule has 0 saturated carbocycles. The molecule has 0 fully saturated rings. The van der Waals surface area contributed by atoms with E-state index >= 15 is 0 Å². The van der Waals surface area contributed by atoms with Gasteiger partial charge >= 0.3 is 0 Å². The first-order valence-electron chi connectivity index (χ1n) is 9.22. The van der Waals surface area contributed by atoms with Crippen molar-refractivity contribution in [2.24, 2.45) is 4.99 Å². The molecule has 6 nitrogen and oxygen atoms in total. The van der Waals surface area contributed by atoms with Crippen LogP contribution in [0.5, 0.6) is 5.75 Å². The molecule has 0 bridgehead atoms. The van der Waals surface area contributed by atoms with Crippen LogP contribution in [0.15, 0.2) is 29.3 Å². The van der Waals surface area contributed by atoms with Gasteiger partial charge in [0.05, 0.1) is 13.2 Å². The largest absolute Gasteiger partial charge is 0.493 e. The molecule has 2 N–H and O–H groups in total. The molecule has 0 aliphatic heterocycles. The number of aryl methyl sites for hydroxylation is 1. The lowest BCUT2D eigenvalue weighted by Crippen LogP contribution is -2.48. The third-order valence-electron chi connectivity index (χ3n) is 3.51. The molecule has 0 heterocycles. The van der Waals surface area contributed by atoms with Gasteiger partial charge in [-0.1, -0.05) is 18.2 Å². The number of rotatable bonds is 8. The summed E-state index contributed by atoms with van der Waals surface area (Å²) in [6.07, 6.45) is 0.811. The summed E-state index contributed by atoms with van der Waals surface area (Å²) in [4.78, 5) is 18.5. The summed E-state index contributed by atoms with van der Waals surface area (Å²) in [6.45, 7) is 12.2. The highest BCUT2D eigenvalue weighted by Gasteiger charge is 2.16. The number of hydrogen-bond donors (Lipinski definition) is 2. The van der Waals surface area contributed by atoms with Crippen LogP contribution in [0.2, 0.25) is 0 Å². The van der Waals surface area contributed by atoms with Crippen LogP contribution >= 0.6 is 0 Å². The first-order chi connectivity index (χ1) is 12.2. The smallest absolute Gasteiger partial charge is 0.240 e. The second-order valence-electron chi connectivity index (χ2n) is 7.36. The fourth-order valence-electron chi connectivity index (χ4n) is 2.37. The fraction of sp³-hybridized carbons (Fsp3) is 0.600. The Morgan fingerprint density at radius 2 is 1.96 bits per heavy atom. The summed E-state index contributed by atoms with van der Waals surface area (Å²) in [6, 6.07) is 7.99. The quantitative estimate of drug-likeness (QED) is 0.424. The normalized spacial score (nSPS) is 11.8. The number of benzene rings is 1. The molecule has 0 aromatic heterocycles. The summed E-state index contributed by atoms with van der Waals surface area (Å²) < 4.78 is 5.79. The van der Waals surface area contributed by atoms with Crippen molar-refractivity contribution in [3.63, 3.8) is 0 Å². The van der Waals surface area contributed by atoms with Crippen LogP contribution in [0.4, 0.5) is 0 Å². The second-order valence-corrected chi connectivity index (χ2v) is 7.36. The number of amides is 1. The predicted molar refractivity (Wildman–Crippen MR) is 108 cm³/mol. The number of para-hydroxylation sites is 1. The van der Waals surface area contributed by atoms with E-state index in [1.807, 2.05) is 70.8 Å². The molecule has 1 aromatic carbocycles. The molecule has 26 heavy (non-hydrogen) atoms. The SMILES string of the molecule is CCNC(=NCCCOc1ccccc1C)N(C)CC(=O)NC(C)(C)C. The van der Waals surface area contributed by atoms with Gasteiger partial charge in [0.25, 0.3) is 0 Å². The molecule has 0 radical (unpaired) electrons. The van der Waals surface area contributed by atoms with Gasteiger partial charge in [0, 0.05) is 32.1 Å². The maximum atomic E-state index is 12.1. The lowest BCUT2D eigenvalue weighted by Gasteiger charge is -2.25. The highest BCUT2D eigenvalue weighted by molar-refractivity contribution is 5.86. The molecule has 1 amide bonds. The monoisotopic (exact) mass is 362 g/mol. The van der Waals surface area contributed by atoms with Crippen molar-refractivity contribution < 1.29 is 9.53 Å². The molecule has 1 aromatic rings. The Balaban J connectivity index is 2.46. The van der Waals surface area contributed by atoms with E-state index in [1.165, 1.54) is 0 Å². The zero-order valence-electron chi connectivity index (χ0n) is 17.1. The van der Waals surface area contributed by atoms with Crippen molar-refractivity contribution in [1.29, 1.82) is 0 Å². The molecule has 0 atom stereocenters. The standard InChI is InChI=1S/C20H34N4O2/c1-7-21-19(24(6)15-18(25)23-20(3,4)5)22-13-10-14-26-17-12-9-8-11-16(17)2/h8-9,11-12H,7,10,13-15H2,1-6H3,(H,21,22)(H,23,25). The molecular formula is C20H34N4O2. The van der Waals surface area contributed by atoms with Crippen molar-refractivity contribution in [3.05, 3.63) is 29.8 Å². The Hall–Kier alpha value is -2.24. The van der Waals surface area contributed by atoms with Gasteiger partial charge in [-0.25, -0.2) is 0 Å². The zero-order valence-corrected chi connectivity index (χ0v) is 17.1. The van der Waals surface area contributed by atoms with E-state index in [4.69, 9.17) is 4.74 Å². The second kappa shape index (κ2) is 10.7. The maximum absolute atomic E-state index is 12.1. The zero-order chi connectivity index (χ0) is 19.6. The van der Waals surface area contributed by atoms with Gasteiger partial charge in [0.1, 0.15) is 5.75 Å². The van der Waals surface area contributed by atoms with E-state index in [9.17, 15) is 4.79 Å². The Morgan fingerprint density at radius 3 is 2.58 bits per heavy atom. The number of nitrogens with one attached hydrogen (secondary N) is 2. The summed E-state index contributed by atoms with van der Waals surface area (Å²) in [5, 5.41) is 6.19. The van der Waals surface area contributed by atoms with Crippen molar-refractivity contribution in [2.45, 2.75) is 46.6 Å². The fourth-order valence-corrected chi connectivity index (χ4v) is 2.37. The van der Waals surface area contributed by atoms with Gasteiger partial charge in [0.2, 0.25) is 5.91 Å². The minimum absolute atomic E-state index is 0.0199. The molecule has 1 rings (SSSR count). The maximum Gasteiger partial charge on any atom is 0.240 e. The van der Waals surface area contributed by atoms with Crippen molar-refractivity contribution >= 4 is 11.9 Å². The molecule has 0 unspecified atom stereocenters. The number of aliphatic imine (C=N–C) groups is 1. The predicted octanol–water partition coefficient (Wildman–Crippen LogP) is 2.58. The number of likely N-dealkylation sites (N-methyl/N-ethyl adjacent to an activating group) is 1. The van der Waals surface area contributed by atoms with Crippen LogP contribution in [-0.4, -0.2) is 55.6 Å². The molecule has 0 spiro atoms. The molecule has 0 aliphatic rings. The highest BCUT2D eigenvalue weighted by Crippen LogP contribution is 2.16.